The maximum atomic E-state index is 11.4. The van der Waals surface area contributed by atoms with Crippen molar-refractivity contribution in [1.29, 1.82) is 0 Å². The Morgan fingerprint density at radius 1 is 1.13 bits per heavy atom. The van der Waals surface area contributed by atoms with E-state index in [2.05, 4.69) is 5.32 Å². The monoisotopic (exact) mass is 313 g/mol. The van der Waals surface area contributed by atoms with Crippen LogP contribution in [-0.2, 0) is 11.4 Å². The molecule has 0 bridgehead atoms. The first kappa shape index (κ1) is 16.4. The molecular weight excluding hydrogens is 294 g/mol. The van der Waals surface area contributed by atoms with Crippen LogP contribution in [0.2, 0.25) is 0 Å². The Morgan fingerprint density at radius 3 is 2.65 bits per heavy atom. The van der Waals surface area contributed by atoms with Crippen molar-refractivity contribution >= 4 is 17.6 Å². The van der Waals surface area contributed by atoms with Crippen LogP contribution < -0.4 is 21.1 Å². The van der Waals surface area contributed by atoms with Gasteiger partial charge in [-0.25, -0.2) is 4.79 Å². The molecule has 2 aromatic rings. The summed E-state index contributed by atoms with van der Waals surface area (Å²) < 4.78 is 5.77. The van der Waals surface area contributed by atoms with Crippen LogP contribution in [0.5, 0.6) is 5.75 Å². The topological polar surface area (TPSA) is 93.4 Å². The third kappa shape index (κ3) is 5.35. The van der Waals surface area contributed by atoms with Gasteiger partial charge in [-0.2, -0.15) is 0 Å². The Hall–Kier alpha value is -3.02. The van der Waals surface area contributed by atoms with Gasteiger partial charge in [-0.15, -0.1) is 0 Å². The van der Waals surface area contributed by atoms with Crippen LogP contribution in [-0.4, -0.2) is 18.5 Å². The summed E-state index contributed by atoms with van der Waals surface area (Å²) in [4.78, 5) is 21.9. The molecule has 3 amide bonds. The molecule has 0 heterocycles. The molecule has 23 heavy (non-hydrogen) atoms. The largest absolute Gasteiger partial charge is 0.489 e. The molecule has 4 N–H and O–H groups in total. The summed E-state index contributed by atoms with van der Waals surface area (Å²) in [6.45, 7) is 2.45. The molecule has 6 heteroatoms. The standard InChI is InChI=1S/C17H19N3O3/c1-12-5-2-3-6-13(12)11-23-15-8-4-7-14(9-15)19-10-16(21)20-17(18)22/h2-9,19H,10-11H2,1H3,(H3,18,20,21,22). The lowest BCUT2D eigenvalue weighted by Crippen LogP contribution is -2.38. The highest BCUT2D eigenvalue weighted by molar-refractivity contribution is 5.95. The fourth-order valence-electron chi connectivity index (χ4n) is 1.99. The molecule has 2 rings (SSSR count). The van der Waals surface area contributed by atoms with Crippen molar-refractivity contribution in [2.45, 2.75) is 13.5 Å². The summed E-state index contributed by atoms with van der Waals surface area (Å²) in [5, 5.41) is 4.89. The van der Waals surface area contributed by atoms with E-state index in [9.17, 15) is 9.59 Å². The van der Waals surface area contributed by atoms with E-state index < -0.39 is 11.9 Å². The first-order valence-corrected chi connectivity index (χ1v) is 7.15. The second kappa shape index (κ2) is 7.84. The number of amides is 3. The average Bonchev–Trinajstić information content (AvgIpc) is 2.52. The number of imide groups is 1. The molecule has 120 valence electrons. The van der Waals surface area contributed by atoms with Crippen molar-refractivity contribution < 1.29 is 14.3 Å². The van der Waals surface area contributed by atoms with Gasteiger partial charge in [0.1, 0.15) is 12.4 Å². The number of nitrogens with two attached hydrogens (primary N) is 1. The first-order chi connectivity index (χ1) is 11.0. The highest BCUT2D eigenvalue weighted by atomic mass is 16.5. The fourth-order valence-corrected chi connectivity index (χ4v) is 1.99. The summed E-state index contributed by atoms with van der Waals surface area (Å²) >= 11 is 0. The lowest BCUT2D eigenvalue weighted by atomic mass is 10.1. The van der Waals surface area contributed by atoms with Gasteiger partial charge >= 0.3 is 6.03 Å². The van der Waals surface area contributed by atoms with Crippen molar-refractivity contribution in [3.8, 4) is 5.75 Å². The molecule has 0 aliphatic heterocycles. The molecule has 2 aromatic carbocycles. The van der Waals surface area contributed by atoms with Gasteiger partial charge in [0.25, 0.3) is 0 Å². The normalized spacial score (nSPS) is 9.96. The molecule has 0 aliphatic carbocycles. The Morgan fingerprint density at radius 2 is 1.91 bits per heavy atom. The zero-order valence-electron chi connectivity index (χ0n) is 12.8. The molecule has 0 fully saturated rings. The van der Waals surface area contributed by atoms with Crippen LogP contribution in [0.25, 0.3) is 0 Å². The minimum atomic E-state index is -0.868. The van der Waals surface area contributed by atoms with E-state index in [1.54, 1.807) is 12.1 Å². The van der Waals surface area contributed by atoms with E-state index >= 15 is 0 Å². The smallest absolute Gasteiger partial charge is 0.318 e. The Bertz CT molecular complexity index is 701. The van der Waals surface area contributed by atoms with Crippen LogP contribution >= 0.6 is 0 Å². The number of primary amides is 1. The number of hydrogen-bond donors (Lipinski definition) is 3. The number of hydrogen-bond acceptors (Lipinski definition) is 4. The van der Waals surface area contributed by atoms with E-state index in [1.807, 2.05) is 48.6 Å². The molecule has 0 aliphatic rings. The first-order valence-electron chi connectivity index (χ1n) is 7.15. The summed E-state index contributed by atoms with van der Waals surface area (Å²) in [5.74, 6) is 0.192. The van der Waals surface area contributed by atoms with Gasteiger partial charge in [0.05, 0.1) is 6.54 Å². The van der Waals surface area contributed by atoms with E-state index in [0.29, 0.717) is 18.0 Å². The summed E-state index contributed by atoms with van der Waals surface area (Å²) in [6, 6.07) is 14.4. The predicted octanol–water partition coefficient (Wildman–Crippen LogP) is 2.18. The van der Waals surface area contributed by atoms with Gasteiger partial charge in [0.2, 0.25) is 5.91 Å². The number of carbonyl (C=O) groups is 2. The van der Waals surface area contributed by atoms with Crippen LogP contribution in [0, 0.1) is 6.92 Å². The number of nitrogens with one attached hydrogen (secondary N) is 2. The number of ether oxygens (including phenoxy) is 1. The minimum absolute atomic E-state index is 0.0514. The predicted molar refractivity (Wildman–Crippen MR) is 88.2 cm³/mol. The Balaban J connectivity index is 1.91. The number of carbonyl (C=O) groups excluding carboxylic acids is 2. The molecule has 0 aromatic heterocycles. The molecule has 0 spiro atoms. The number of urea groups is 1. The SMILES string of the molecule is Cc1ccccc1COc1cccc(NCC(=O)NC(N)=O)c1. The molecule has 0 radical (unpaired) electrons. The zero-order chi connectivity index (χ0) is 16.7. The maximum Gasteiger partial charge on any atom is 0.318 e. The van der Waals surface area contributed by atoms with Crippen molar-refractivity contribution in [3.05, 3.63) is 59.7 Å². The second-order valence-electron chi connectivity index (χ2n) is 5.01. The van der Waals surface area contributed by atoms with Gasteiger partial charge in [0.15, 0.2) is 0 Å². The maximum absolute atomic E-state index is 11.4. The lowest BCUT2D eigenvalue weighted by Gasteiger charge is -2.11. The third-order valence-corrected chi connectivity index (χ3v) is 3.21. The van der Waals surface area contributed by atoms with Crippen LogP contribution in [0.15, 0.2) is 48.5 Å². The zero-order valence-corrected chi connectivity index (χ0v) is 12.8. The van der Waals surface area contributed by atoms with Crippen LogP contribution in [0.3, 0.4) is 0 Å². The van der Waals surface area contributed by atoms with Crippen molar-refractivity contribution in [3.63, 3.8) is 0 Å². The summed E-state index contributed by atoms with van der Waals surface area (Å²) in [7, 11) is 0. The van der Waals surface area contributed by atoms with E-state index in [0.717, 1.165) is 5.56 Å². The molecule has 0 atom stereocenters. The minimum Gasteiger partial charge on any atom is -0.489 e. The molecular formula is C17H19N3O3. The average molecular weight is 313 g/mol. The van der Waals surface area contributed by atoms with Gasteiger partial charge < -0.3 is 15.8 Å². The quantitative estimate of drug-likeness (QED) is 0.762. The highest BCUT2D eigenvalue weighted by Crippen LogP contribution is 2.19. The van der Waals surface area contributed by atoms with Crippen LogP contribution in [0.1, 0.15) is 11.1 Å². The number of benzene rings is 2. The summed E-state index contributed by atoms with van der Waals surface area (Å²) in [5.41, 5.74) is 7.88. The Kier molecular flexibility index (Phi) is 5.57. The number of rotatable bonds is 6. The van der Waals surface area contributed by atoms with Crippen molar-refractivity contribution in [2.75, 3.05) is 11.9 Å². The van der Waals surface area contributed by atoms with E-state index in [4.69, 9.17) is 10.5 Å². The number of aryl methyl sites for hydroxylation is 1. The molecule has 0 saturated heterocycles. The fraction of sp³-hybridized carbons (Fsp3) is 0.176. The highest BCUT2D eigenvalue weighted by Gasteiger charge is 2.04. The van der Waals surface area contributed by atoms with Crippen molar-refractivity contribution in [2.24, 2.45) is 5.73 Å². The van der Waals surface area contributed by atoms with E-state index in [-0.39, 0.29) is 6.54 Å². The van der Waals surface area contributed by atoms with E-state index in [1.165, 1.54) is 5.56 Å². The van der Waals surface area contributed by atoms with Gasteiger partial charge in [-0.05, 0) is 30.2 Å². The van der Waals surface area contributed by atoms with Gasteiger partial charge in [0, 0.05) is 11.8 Å². The van der Waals surface area contributed by atoms with Gasteiger partial charge in [-0.1, -0.05) is 30.3 Å². The lowest BCUT2D eigenvalue weighted by molar-refractivity contribution is -0.118. The summed E-state index contributed by atoms with van der Waals surface area (Å²) in [6.07, 6.45) is 0. The second-order valence-corrected chi connectivity index (χ2v) is 5.01. The molecule has 0 saturated carbocycles. The molecule has 6 nitrogen and oxygen atoms in total. The van der Waals surface area contributed by atoms with Crippen LogP contribution in [0.4, 0.5) is 10.5 Å². The molecule has 0 unspecified atom stereocenters. The number of anilines is 1. The van der Waals surface area contributed by atoms with Crippen molar-refractivity contribution in [1.82, 2.24) is 5.32 Å². The Labute approximate surface area is 134 Å². The third-order valence-electron chi connectivity index (χ3n) is 3.21. The van der Waals surface area contributed by atoms with Gasteiger partial charge in [-0.3, -0.25) is 10.1 Å².